The van der Waals surface area contributed by atoms with Gasteiger partial charge in [-0.25, -0.2) is 4.98 Å². The normalized spacial score (nSPS) is 11.7. The summed E-state index contributed by atoms with van der Waals surface area (Å²) in [5, 5.41) is 3.99. The molecule has 8 nitrogen and oxygen atoms in total. The minimum absolute atomic E-state index is 0.0798. The van der Waals surface area contributed by atoms with Crippen molar-refractivity contribution < 1.29 is 9.32 Å². The molecule has 0 spiro atoms. The molecule has 0 aliphatic rings. The maximum Gasteiger partial charge on any atom is 0.278 e. The molecule has 0 aliphatic carbocycles. The van der Waals surface area contributed by atoms with Gasteiger partial charge in [-0.1, -0.05) is 42.4 Å². The van der Waals surface area contributed by atoms with Crippen molar-refractivity contribution in [1.82, 2.24) is 24.1 Å². The van der Waals surface area contributed by atoms with Gasteiger partial charge in [0.15, 0.2) is 0 Å². The van der Waals surface area contributed by atoms with Crippen LogP contribution in [0.1, 0.15) is 47.9 Å². The molecule has 5 rings (SSSR count). The van der Waals surface area contributed by atoms with Gasteiger partial charge in [0, 0.05) is 18.0 Å². The maximum atomic E-state index is 13.5. The molecular formula is C22H19N5O3S. The lowest BCUT2D eigenvalue weighted by molar-refractivity contribution is 0.104. The Hall–Kier alpha value is -3.59. The summed E-state index contributed by atoms with van der Waals surface area (Å²) in [5.41, 5.74) is 1.87. The Morgan fingerprint density at radius 2 is 2.00 bits per heavy atom. The first-order chi connectivity index (χ1) is 15.0. The SMILES string of the molecule is CCc1nc(-c2ncn3c2c(=O)n(C(C)C)c2sc(C(=O)c4ccccc4)cc23)no1. The molecule has 0 fully saturated rings. The highest BCUT2D eigenvalue weighted by Gasteiger charge is 2.24. The summed E-state index contributed by atoms with van der Waals surface area (Å²) in [5.74, 6) is 0.679. The Labute approximate surface area is 180 Å². The molecule has 0 bridgehead atoms. The minimum Gasteiger partial charge on any atom is -0.339 e. The van der Waals surface area contributed by atoms with Gasteiger partial charge >= 0.3 is 0 Å². The van der Waals surface area contributed by atoms with E-state index in [9.17, 15) is 9.59 Å². The van der Waals surface area contributed by atoms with Gasteiger partial charge in [0.1, 0.15) is 22.4 Å². The standard InChI is InChI=1S/C22H19N5O3S/c1-4-16-24-20(25-30-16)17-18-21(29)27(12(2)3)22-14(26(18)11-23-17)10-15(31-22)19(28)13-8-6-5-7-9-13/h5-12H,4H2,1-3H3. The second-order valence-electron chi connectivity index (χ2n) is 7.44. The van der Waals surface area contributed by atoms with Crippen molar-refractivity contribution in [1.29, 1.82) is 0 Å². The molecular weight excluding hydrogens is 414 g/mol. The number of rotatable bonds is 5. The lowest BCUT2D eigenvalue weighted by Crippen LogP contribution is -2.23. The van der Waals surface area contributed by atoms with Gasteiger partial charge < -0.3 is 4.52 Å². The molecule has 1 aromatic carbocycles. The molecule has 0 aliphatic heterocycles. The van der Waals surface area contributed by atoms with Gasteiger partial charge in [0.25, 0.3) is 5.56 Å². The third-order valence-corrected chi connectivity index (χ3v) is 6.24. The van der Waals surface area contributed by atoms with Crippen molar-refractivity contribution in [2.24, 2.45) is 0 Å². The summed E-state index contributed by atoms with van der Waals surface area (Å²) in [6, 6.07) is 10.8. The van der Waals surface area contributed by atoms with Crippen LogP contribution >= 0.6 is 11.3 Å². The average Bonchev–Trinajstić information content (AvgIpc) is 3.50. The van der Waals surface area contributed by atoms with Gasteiger partial charge in [-0.3, -0.25) is 18.6 Å². The van der Waals surface area contributed by atoms with Crippen LogP contribution in [-0.2, 0) is 6.42 Å². The average molecular weight is 433 g/mol. The molecule has 0 unspecified atom stereocenters. The number of thiophene rings is 1. The summed E-state index contributed by atoms with van der Waals surface area (Å²) in [6.07, 6.45) is 2.17. The first-order valence-corrected chi connectivity index (χ1v) is 10.8. The van der Waals surface area contributed by atoms with E-state index in [-0.39, 0.29) is 23.2 Å². The fourth-order valence-electron chi connectivity index (χ4n) is 3.63. The van der Waals surface area contributed by atoms with Crippen LogP contribution in [-0.4, -0.2) is 29.9 Å². The molecule has 0 N–H and O–H groups in total. The zero-order valence-corrected chi connectivity index (χ0v) is 18.0. The summed E-state index contributed by atoms with van der Waals surface area (Å²) in [7, 11) is 0. The first kappa shape index (κ1) is 19.4. The summed E-state index contributed by atoms with van der Waals surface area (Å²) in [6.45, 7) is 5.79. The zero-order chi connectivity index (χ0) is 21.7. The van der Waals surface area contributed by atoms with E-state index in [2.05, 4.69) is 15.1 Å². The van der Waals surface area contributed by atoms with Crippen LogP contribution in [0.25, 0.3) is 27.4 Å². The molecule has 0 saturated carbocycles. The van der Waals surface area contributed by atoms with Gasteiger partial charge in [0.2, 0.25) is 17.5 Å². The molecule has 5 aromatic rings. The lowest BCUT2D eigenvalue weighted by atomic mass is 10.1. The summed E-state index contributed by atoms with van der Waals surface area (Å²) < 4.78 is 8.63. The molecule has 0 amide bonds. The Morgan fingerprint density at radius 1 is 1.23 bits per heavy atom. The summed E-state index contributed by atoms with van der Waals surface area (Å²) in [4.78, 5) is 36.6. The van der Waals surface area contributed by atoms with Crippen LogP contribution in [0.4, 0.5) is 0 Å². The van der Waals surface area contributed by atoms with E-state index in [0.717, 1.165) is 10.3 Å². The highest BCUT2D eigenvalue weighted by molar-refractivity contribution is 7.20. The highest BCUT2D eigenvalue weighted by Crippen LogP contribution is 2.31. The molecule has 9 heteroatoms. The molecule has 0 atom stereocenters. The smallest absolute Gasteiger partial charge is 0.278 e. The predicted molar refractivity (Wildman–Crippen MR) is 118 cm³/mol. The third kappa shape index (κ3) is 3.00. The number of benzene rings is 1. The fourth-order valence-corrected chi connectivity index (χ4v) is 4.87. The van der Waals surface area contributed by atoms with Crippen molar-refractivity contribution in [2.75, 3.05) is 0 Å². The van der Waals surface area contributed by atoms with Crippen LogP contribution in [0.15, 0.2) is 52.0 Å². The molecule has 4 aromatic heterocycles. The van der Waals surface area contributed by atoms with Gasteiger partial charge in [-0.05, 0) is 19.9 Å². The monoisotopic (exact) mass is 433 g/mol. The lowest BCUT2D eigenvalue weighted by Gasteiger charge is -2.12. The number of imidazole rings is 1. The number of aromatic nitrogens is 5. The number of fused-ring (bicyclic) bond motifs is 3. The van der Waals surface area contributed by atoms with Gasteiger partial charge in [-0.15, -0.1) is 11.3 Å². The molecule has 0 saturated heterocycles. The van der Waals surface area contributed by atoms with E-state index in [1.165, 1.54) is 11.3 Å². The number of aryl methyl sites for hydroxylation is 1. The number of carbonyl (C=O) groups is 1. The van der Waals surface area contributed by atoms with Crippen LogP contribution in [0.2, 0.25) is 0 Å². The third-order valence-electron chi connectivity index (χ3n) is 5.12. The van der Waals surface area contributed by atoms with E-state index in [1.807, 2.05) is 45.0 Å². The van der Waals surface area contributed by atoms with E-state index in [4.69, 9.17) is 4.52 Å². The van der Waals surface area contributed by atoms with Crippen molar-refractivity contribution in [2.45, 2.75) is 33.2 Å². The molecule has 4 heterocycles. The van der Waals surface area contributed by atoms with Crippen molar-refractivity contribution in [3.05, 3.63) is 69.4 Å². The van der Waals surface area contributed by atoms with E-state index < -0.39 is 0 Å². The maximum absolute atomic E-state index is 13.5. The molecule has 31 heavy (non-hydrogen) atoms. The summed E-state index contributed by atoms with van der Waals surface area (Å²) >= 11 is 1.31. The Morgan fingerprint density at radius 3 is 2.68 bits per heavy atom. The van der Waals surface area contributed by atoms with Crippen LogP contribution < -0.4 is 5.56 Å². The van der Waals surface area contributed by atoms with Crippen LogP contribution in [0, 0.1) is 0 Å². The highest BCUT2D eigenvalue weighted by atomic mass is 32.1. The Kier molecular flexibility index (Phi) is 4.55. The number of hydrogen-bond acceptors (Lipinski definition) is 7. The van der Waals surface area contributed by atoms with Gasteiger partial charge in [-0.2, -0.15) is 4.98 Å². The number of ketones is 1. The van der Waals surface area contributed by atoms with Crippen molar-refractivity contribution in [3.8, 4) is 11.5 Å². The molecule has 0 radical (unpaired) electrons. The van der Waals surface area contributed by atoms with Crippen molar-refractivity contribution >= 4 is 33.0 Å². The topological polar surface area (TPSA) is 95.3 Å². The number of nitrogens with zero attached hydrogens (tertiary/aromatic N) is 5. The Bertz CT molecular complexity index is 1490. The quantitative estimate of drug-likeness (QED) is 0.387. The number of hydrogen-bond donors (Lipinski definition) is 0. The van der Waals surface area contributed by atoms with Crippen molar-refractivity contribution in [3.63, 3.8) is 0 Å². The minimum atomic E-state index is -0.210. The predicted octanol–water partition coefficient (Wildman–Crippen LogP) is 4.14. The first-order valence-electron chi connectivity index (χ1n) is 9.97. The molecule has 156 valence electrons. The van der Waals surface area contributed by atoms with E-state index in [0.29, 0.717) is 34.0 Å². The van der Waals surface area contributed by atoms with Crippen LogP contribution in [0.5, 0.6) is 0 Å². The van der Waals surface area contributed by atoms with Crippen LogP contribution in [0.3, 0.4) is 0 Å². The zero-order valence-electron chi connectivity index (χ0n) is 17.2. The van der Waals surface area contributed by atoms with E-state index in [1.54, 1.807) is 27.4 Å². The number of carbonyl (C=O) groups excluding carboxylic acids is 1. The fraction of sp³-hybridized carbons (Fsp3) is 0.227. The van der Waals surface area contributed by atoms with E-state index >= 15 is 0 Å². The Balaban J connectivity index is 1.79. The van der Waals surface area contributed by atoms with Gasteiger partial charge in [0.05, 0.1) is 10.4 Å². The largest absolute Gasteiger partial charge is 0.339 e. The second-order valence-corrected chi connectivity index (χ2v) is 8.47. The second kappa shape index (κ2) is 7.28.